The average molecular weight is 272 g/mol. The lowest BCUT2D eigenvalue weighted by Gasteiger charge is -2.29. The van der Waals surface area contributed by atoms with Crippen LogP contribution in [-0.4, -0.2) is 47.0 Å². The summed E-state index contributed by atoms with van der Waals surface area (Å²) in [6.07, 6.45) is 0. The fraction of sp³-hybridized carbons (Fsp3) is 0.846. The van der Waals surface area contributed by atoms with Gasteiger partial charge in [0.05, 0.1) is 11.4 Å². The Labute approximate surface area is 116 Å². The van der Waals surface area contributed by atoms with Crippen LogP contribution in [-0.2, 0) is 0 Å². The van der Waals surface area contributed by atoms with Gasteiger partial charge in [-0.05, 0) is 33.1 Å². The van der Waals surface area contributed by atoms with E-state index < -0.39 is 0 Å². The van der Waals surface area contributed by atoms with E-state index in [1.165, 1.54) is 0 Å². The Morgan fingerprint density at radius 2 is 1.26 bits per heavy atom. The standard InChI is InChI=1S/C13H28N4O2/c1-9(11(3)16-18)14-7-13(5,6)8-15-10(2)12(4)17-19/h9-10,14-15,18-19H,7-8H2,1-6H3/b16-11-,17-12+. The zero-order valence-electron chi connectivity index (χ0n) is 12.9. The summed E-state index contributed by atoms with van der Waals surface area (Å²) in [5.41, 5.74) is 1.37. The molecule has 0 aliphatic rings. The molecule has 0 aromatic carbocycles. The Kier molecular flexibility index (Phi) is 7.63. The van der Waals surface area contributed by atoms with Gasteiger partial charge in [-0.1, -0.05) is 24.2 Å². The van der Waals surface area contributed by atoms with Gasteiger partial charge in [0.25, 0.3) is 0 Å². The molecule has 0 fully saturated rings. The minimum absolute atomic E-state index is 0.0357. The Bertz CT molecular complexity index is 297. The molecule has 6 heteroatoms. The fourth-order valence-electron chi connectivity index (χ4n) is 1.39. The largest absolute Gasteiger partial charge is 0.411 e. The average Bonchev–Trinajstić information content (AvgIpc) is 2.40. The summed E-state index contributed by atoms with van der Waals surface area (Å²) in [6.45, 7) is 13.4. The second kappa shape index (κ2) is 8.12. The number of oxime groups is 2. The Morgan fingerprint density at radius 3 is 1.53 bits per heavy atom. The molecule has 0 amide bonds. The van der Waals surface area contributed by atoms with E-state index in [1.54, 1.807) is 13.8 Å². The summed E-state index contributed by atoms with van der Waals surface area (Å²) in [5, 5.41) is 30.4. The maximum Gasteiger partial charge on any atom is 0.0706 e. The summed E-state index contributed by atoms with van der Waals surface area (Å²) in [4.78, 5) is 0. The minimum Gasteiger partial charge on any atom is -0.411 e. The zero-order valence-corrected chi connectivity index (χ0v) is 12.9. The van der Waals surface area contributed by atoms with Crippen LogP contribution >= 0.6 is 0 Å². The minimum atomic E-state index is 0.0357. The molecule has 19 heavy (non-hydrogen) atoms. The molecule has 0 aliphatic heterocycles. The molecule has 0 heterocycles. The Balaban J connectivity index is 4.19. The van der Waals surface area contributed by atoms with E-state index in [-0.39, 0.29) is 17.5 Å². The third-order valence-corrected chi connectivity index (χ3v) is 3.34. The number of hydrogen-bond donors (Lipinski definition) is 4. The summed E-state index contributed by atoms with van der Waals surface area (Å²) in [5.74, 6) is 0. The van der Waals surface area contributed by atoms with E-state index in [1.807, 2.05) is 13.8 Å². The number of hydrogen-bond acceptors (Lipinski definition) is 6. The predicted molar refractivity (Wildman–Crippen MR) is 78.5 cm³/mol. The van der Waals surface area contributed by atoms with Gasteiger partial charge in [0.15, 0.2) is 0 Å². The SMILES string of the molecule is C/C(=N/O)C(C)NCC(C)(C)CNC(C)/C(C)=N/O. The van der Waals surface area contributed by atoms with Crippen molar-refractivity contribution in [2.24, 2.45) is 15.7 Å². The van der Waals surface area contributed by atoms with Crippen molar-refractivity contribution in [2.75, 3.05) is 13.1 Å². The lowest BCUT2D eigenvalue weighted by atomic mass is 9.92. The smallest absolute Gasteiger partial charge is 0.0706 e. The van der Waals surface area contributed by atoms with Gasteiger partial charge < -0.3 is 21.0 Å². The number of nitrogens with zero attached hydrogens (tertiary/aromatic N) is 2. The van der Waals surface area contributed by atoms with Crippen molar-refractivity contribution in [3.63, 3.8) is 0 Å². The van der Waals surface area contributed by atoms with Gasteiger partial charge in [0.2, 0.25) is 0 Å². The third-order valence-electron chi connectivity index (χ3n) is 3.34. The van der Waals surface area contributed by atoms with Gasteiger partial charge >= 0.3 is 0 Å². The van der Waals surface area contributed by atoms with Crippen molar-refractivity contribution in [3.8, 4) is 0 Å². The predicted octanol–water partition coefficient (Wildman–Crippen LogP) is 1.67. The summed E-state index contributed by atoms with van der Waals surface area (Å²) in [7, 11) is 0. The molecule has 112 valence electrons. The van der Waals surface area contributed by atoms with Gasteiger partial charge in [-0.15, -0.1) is 0 Å². The molecule has 0 spiro atoms. The summed E-state index contributed by atoms with van der Waals surface area (Å²) < 4.78 is 0. The van der Waals surface area contributed by atoms with Crippen molar-refractivity contribution in [2.45, 2.75) is 53.6 Å². The number of nitrogens with one attached hydrogen (secondary N) is 2. The molecule has 0 saturated heterocycles. The zero-order chi connectivity index (χ0) is 15.1. The topological polar surface area (TPSA) is 89.2 Å². The maximum absolute atomic E-state index is 8.70. The molecule has 0 rings (SSSR count). The van der Waals surface area contributed by atoms with Crippen LogP contribution in [0.25, 0.3) is 0 Å². The molecule has 2 atom stereocenters. The van der Waals surface area contributed by atoms with Crippen LogP contribution in [0, 0.1) is 5.41 Å². The first-order valence-corrected chi connectivity index (χ1v) is 6.57. The van der Waals surface area contributed by atoms with Gasteiger partial charge in [-0.2, -0.15) is 0 Å². The molecule has 0 saturated carbocycles. The van der Waals surface area contributed by atoms with Crippen LogP contribution < -0.4 is 10.6 Å². The highest BCUT2D eigenvalue weighted by Gasteiger charge is 2.20. The third kappa shape index (κ3) is 7.12. The van der Waals surface area contributed by atoms with E-state index >= 15 is 0 Å². The van der Waals surface area contributed by atoms with Crippen molar-refractivity contribution in [3.05, 3.63) is 0 Å². The monoisotopic (exact) mass is 272 g/mol. The summed E-state index contributed by atoms with van der Waals surface area (Å²) >= 11 is 0. The first-order valence-electron chi connectivity index (χ1n) is 6.57. The highest BCUT2D eigenvalue weighted by molar-refractivity contribution is 5.86. The molecule has 0 radical (unpaired) electrons. The second-order valence-electron chi connectivity index (χ2n) is 5.85. The quantitative estimate of drug-likeness (QED) is 0.307. The fourth-order valence-corrected chi connectivity index (χ4v) is 1.39. The normalized spacial score (nSPS) is 17.4. The van der Waals surface area contributed by atoms with Crippen molar-refractivity contribution >= 4 is 11.4 Å². The van der Waals surface area contributed by atoms with Gasteiger partial charge in [0, 0.05) is 25.2 Å². The lowest BCUT2D eigenvalue weighted by Crippen LogP contribution is -2.46. The van der Waals surface area contributed by atoms with Crippen LogP contribution in [0.3, 0.4) is 0 Å². The molecule has 0 aromatic rings. The highest BCUT2D eigenvalue weighted by Crippen LogP contribution is 2.12. The van der Waals surface area contributed by atoms with E-state index in [0.717, 1.165) is 13.1 Å². The maximum atomic E-state index is 8.70. The van der Waals surface area contributed by atoms with Crippen molar-refractivity contribution < 1.29 is 10.4 Å². The van der Waals surface area contributed by atoms with Crippen molar-refractivity contribution in [1.82, 2.24) is 10.6 Å². The van der Waals surface area contributed by atoms with E-state index in [2.05, 4.69) is 34.8 Å². The molecule has 0 bridgehead atoms. The van der Waals surface area contributed by atoms with E-state index in [4.69, 9.17) is 10.4 Å². The van der Waals surface area contributed by atoms with Gasteiger partial charge in [0.1, 0.15) is 0 Å². The van der Waals surface area contributed by atoms with Crippen LogP contribution in [0.2, 0.25) is 0 Å². The molecule has 6 nitrogen and oxygen atoms in total. The van der Waals surface area contributed by atoms with Gasteiger partial charge in [-0.25, -0.2) is 0 Å². The van der Waals surface area contributed by atoms with E-state index in [9.17, 15) is 0 Å². The van der Waals surface area contributed by atoms with Crippen LogP contribution in [0.5, 0.6) is 0 Å². The Morgan fingerprint density at radius 1 is 0.947 bits per heavy atom. The molecule has 4 N–H and O–H groups in total. The number of rotatable bonds is 8. The Hall–Kier alpha value is -1.14. The van der Waals surface area contributed by atoms with Crippen LogP contribution in [0.15, 0.2) is 10.3 Å². The van der Waals surface area contributed by atoms with Gasteiger partial charge in [-0.3, -0.25) is 0 Å². The lowest BCUT2D eigenvalue weighted by molar-refractivity contribution is 0.298. The van der Waals surface area contributed by atoms with Crippen LogP contribution in [0.4, 0.5) is 0 Å². The molecule has 2 unspecified atom stereocenters. The molecule has 0 aliphatic carbocycles. The first kappa shape index (κ1) is 17.9. The van der Waals surface area contributed by atoms with E-state index in [0.29, 0.717) is 11.4 Å². The summed E-state index contributed by atoms with van der Waals surface area (Å²) in [6, 6.07) is 0.0878. The second-order valence-corrected chi connectivity index (χ2v) is 5.85. The molecular weight excluding hydrogens is 244 g/mol. The highest BCUT2D eigenvalue weighted by atomic mass is 16.4. The van der Waals surface area contributed by atoms with Crippen LogP contribution in [0.1, 0.15) is 41.5 Å². The molecular formula is C13H28N4O2. The van der Waals surface area contributed by atoms with Crippen molar-refractivity contribution in [1.29, 1.82) is 0 Å². The first-order chi connectivity index (χ1) is 8.73. The molecule has 0 aromatic heterocycles.